The van der Waals surface area contributed by atoms with Crippen LogP contribution in [-0.2, 0) is 9.53 Å². The van der Waals surface area contributed by atoms with Crippen molar-refractivity contribution in [1.82, 2.24) is 0 Å². The number of hydrogen-bond donors (Lipinski definition) is 1. The molecule has 0 aromatic heterocycles. The minimum absolute atomic E-state index is 0.00460. The Morgan fingerprint density at radius 1 is 1.20 bits per heavy atom. The van der Waals surface area contributed by atoms with Crippen LogP contribution < -0.4 is 0 Å². The van der Waals surface area contributed by atoms with Gasteiger partial charge in [0.05, 0.1) is 6.10 Å². The second-order valence-corrected chi connectivity index (χ2v) is 10.4. The molecule has 0 unspecified atom stereocenters. The zero-order valence-corrected chi connectivity index (χ0v) is 16.1. The van der Waals surface area contributed by atoms with E-state index in [1.165, 1.54) is 12.0 Å². The normalized spacial score (nSPS) is 59.2. The molecule has 4 fully saturated rings. The molecule has 1 aliphatic heterocycles. The van der Waals surface area contributed by atoms with E-state index in [9.17, 15) is 9.90 Å². The summed E-state index contributed by atoms with van der Waals surface area (Å²) in [6.45, 7) is 8.72. The summed E-state index contributed by atoms with van der Waals surface area (Å²) in [7, 11) is 0. The minimum Gasteiger partial charge on any atom is -0.393 e. The van der Waals surface area contributed by atoms with E-state index in [1.54, 1.807) is 6.92 Å². The molecule has 3 nitrogen and oxygen atoms in total. The first-order valence-electron chi connectivity index (χ1n) is 10.3. The topological polar surface area (TPSA) is 49.8 Å². The lowest BCUT2D eigenvalue weighted by atomic mass is 9.47. The molecule has 138 valence electrons. The predicted molar refractivity (Wildman–Crippen MR) is 96.0 cm³/mol. The molecule has 0 spiro atoms. The first-order chi connectivity index (χ1) is 11.7. The average Bonchev–Trinajstić information content (AvgIpc) is 3.13. The lowest BCUT2D eigenvalue weighted by molar-refractivity contribution is -0.135. The van der Waals surface area contributed by atoms with Crippen molar-refractivity contribution in [3.63, 3.8) is 0 Å². The average molecular weight is 344 g/mol. The van der Waals surface area contributed by atoms with Gasteiger partial charge in [0.25, 0.3) is 0 Å². The van der Waals surface area contributed by atoms with Crippen molar-refractivity contribution in [3.8, 4) is 0 Å². The number of aliphatic hydroxyl groups excluding tert-OH is 1. The standard InChI is InChI=1S/C22H32O3/c1-13(23)22-20(3)10-8-17-16(18(20)12-21(22,4)25-22)6-5-14-11-15(24)7-9-19(14,17)2/h5,15-18,24H,6-12H2,1-4H3/t15-,16-,17+,18+,19+,20+,21+,22-/m1/s1. The quantitative estimate of drug-likeness (QED) is 0.577. The number of allylic oxidation sites excluding steroid dienone is 1. The van der Waals surface area contributed by atoms with Gasteiger partial charge in [0.2, 0.25) is 0 Å². The van der Waals surface area contributed by atoms with Crippen molar-refractivity contribution < 1.29 is 14.6 Å². The molecule has 1 heterocycles. The van der Waals surface area contributed by atoms with Crippen molar-refractivity contribution in [1.29, 1.82) is 0 Å². The van der Waals surface area contributed by atoms with E-state index in [1.807, 2.05) is 0 Å². The monoisotopic (exact) mass is 344 g/mol. The summed E-state index contributed by atoms with van der Waals surface area (Å²) in [4.78, 5) is 12.6. The van der Waals surface area contributed by atoms with Gasteiger partial charge in [-0.2, -0.15) is 0 Å². The molecule has 5 aliphatic rings. The van der Waals surface area contributed by atoms with Crippen LogP contribution in [0.15, 0.2) is 11.6 Å². The molecule has 0 amide bonds. The molecule has 3 heteroatoms. The van der Waals surface area contributed by atoms with Crippen molar-refractivity contribution in [2.24, 2.45) is 28.6 Å². The summed E-state index contributed by atoms with van der Waals surface area (Å²) in [6, 6.07) is 0. The Bertz CT molecular complexity index is 683. The third-order valence-corrected chi connectivity index (χ3v) is 9.46. The van der Waals surface area contributed by atoms with Crippen LogP contribution in [0, 0.1) is 28.6 Å². The predicted octanol–water partition coefficient (Wildman–Crippen LogP) is 4.04. The highest BCUT2D eigenvalue weighted by Crippen LogP contribution is 2.77. The van der Waals surface area contributed by atoms with Gasteiger partial charge in [-0.15, -0.1) is 0 Å². The maximum absolute atomic E-state index is 12.6. The van der Waals surface area contributed by atoms with Gasteiger partial charge >= 0.3 is 0 Å². The van der Waals surface area contributed by atoms with E-state index < -0.39 is 5.60 Å². The largest absolute Gasteiger partial charge is 0.393 e. The summed E-state index contributed by atoms with van der Waals surface area (Å²) >= 11 is 0. The van der Waals surface area contributed by atoms with E-state index in [0.717, 1.165) is 38.5 Å². The van der Waals surface area contributed by atoms with Crippen molar-refractivity contribution in [2.45, 2.75) is 89.9 Å². The highest BCUT2D eigenvalue weighted by molar-refractivity contribution is 5.91. The van der Waals surface area contributed by atoms with Gasteiger partial charge in [-0.3, -0.25) is 4.79 Å². The number of epoxide rings is 1. The second-order valence-electron chi connectivity index (χ2n) is 10.4. The first kappa shape index (κ1) is 16.5. The lowest BCUT2D eigenvalue weighted by Gasteiger charge is -2.58. The molecule has 8 atom stereocenters. The van der Waals surface area contributed by atoms with E-state index in [4.69, 9.17) is 4.74 Å². The molecule has 0 radical (unpaired) electrons. The number of carbonyl (C=O) groups excluding carboxylic acids is 1. The van der Waals surface area contributed by atoms with Crippen LogP contribution in [0.4, 0.5) is 0 Å². The van der Waals surface area contributed by atoms with Gasteiger partial charge in [0.15, 0.2) is 11.4 Å². The van der Waals surface area contributed by atoms with Gasteiger partial charge in [-0.05, 0) is 82.0 Å². The van der Waals surface area contributed by atoms with Crippen LogP contribution >= 0.6 is 0 Å². The van der Waals surface area contributed by atoms with Gasteiger partial charge in [0.1, 0.15) is 5.60 Å². The number of ether oxygens (including phenoxy) is 1. The third kappa shape index (κ3) is 1.69. The number of ketones is 1. The fourth-order valence-corrected chi connectivity index (χ4v) is 8.26. The molecule has 0 aromatic rings. The van der Waals surface area contributed by atoms with Crippen molar-refractivity contribution in [2.75, 3.05) is 0 Å². The first-order valence-corrected chi connectivity index (χ1v) is 10.3. The summed E-state index contributed by atoms with van der Waals surface area (Å²) in [5.74, 6) is 2.23. The Morgan fingerprint density at radius 3 is 2.68 bits per heavy atom. The fraction of sp³-hybridized carbons (Fsp3) is 0.864. The fourth-order valence-electron chi connectivity index (χ4n) is 8.26. The third-order valence-electron chi connectivity index (χ3n) is 9.46. The van der Waals surface area contributed by atoms with E-state index in [0.29, 0.717) is 17.8 Å². The number of hydrogen-bond acceptors (Lipinski definition) is 3. The van der Waals surface area contributed by atoms with Crippen LogP contribution in [-0.4, -0.2) is 28.2 Å². The highest BCUT2D eigenvalue weighted by atomic mass is 16.6. The van der Waals surface area contributed by atoms with E-state index in [2.05, 4.69) is 26.8 Å². The Labute approximate surface area is 151 Å². The van der Waals surface area contributed by atoms with Crippen LogP contribution in [0.25, 0.3) is 0 Å². The molecule has 0 aromatic carbocycles. The molecule has 4 aliphatic carbocycles. The molecule has 5 rings (SSSR count). The molecule has 0 bridgehead atoms. The molecule has 3 saturated carbocycles. The number of aliphatic hydroxyl groups is 1. The smallest absolute Gasteiger partial charge is 0.165 e. The summed E-state index contributed by atoms with van der Waals surface area (Å²) < 4.78 is 6.19. The summed E-state index contributed by atoms with van der Waals surface area (Å²) in [5.41, 5.74) is 1.05. The zero-order chi connectivity index (χ0) is 17.8. The van der Waals surface area contributed by atoms with E-state index >= 15 is 0 Å². The molecule has 1 saturated heterocycles. The number of fused-ring (bicyclic) bond motifs is 7. The Morgan fingerprint density at radius 2 is 1.96 bits per heavy atom. The van der Waals surface area contributed by atoms with Gasteiger partial charge in [-0.25, -0.2) is 0 Å². The summed E-state index contributed by atoms with van der Waals surface area (Å²) in [6.07, 6.45) is 9.75. The van der Waals surface area contributed by atoms with E-state index in [-0.39, 0.29) is 28.3 Å². The van der Waals surface area contributed by atoms with Crippen molar-refractivity contribution in [3.05, 3.63) is 11.6 Å². The number of rotatable bonds is 1. The molecular formula is C22H32O3. The Balaban J connectivity index is 1.53. The van der Waals surface area contributed by atoms with Gasteiger partial charge in [-0.1, -0.05) is 25.5 Å². The van der Waals surface area contributed by atoms with Crippen molar-refractivity contribution >= 4 is 5.78 Å². The molecular weight excluding hydrogens is 312 g/mol. The van der Waals surface area contributed by atoms with Crippen LogP contribution in [0.2, 0.25) is 0 Å². The maximum atomic E-state index is 12.6. The highest BCUT2D eigenvalue weighted by Gasteiger charge is 2.85. The van der Waals surface area contributed by atoms with Crippen LogP contribution in [0.1, 0.15) is 72.6 Å². The lowest BCUT2D eigenvalue weighted by Crippen LogP contribution is -2.54. The maximum Gasteiger partial charge on any atom is 0.165 e. The van der Waals surface area contributed by atoms with Crippen LogP contribution in [0.3, 0.4) is 0 Å². The molecule has 25 heavy (non-hydrogen) atoms. The van der Waals surface area contributed by atoms with Gasteiger partial charge < -0.3 is 9.84 Å². The van der Waals surface area contributed by atoms with Gasteiger partial charge in [0, 0.05) is 5.41 Å². The number of carbonyl (C=O) groups is 1. The number of Topliss-reactive ketones (excluding diaryl/α,β-unsaturated/α-hetero) is 1. The SMILES string of the molecule is CC(=O)[C@]12O[C@@]1(C)C[C@H]1[C@@H]3CC=C4C[C@H](O)CC[C@]4(C)[C@H]3CC[C@@]12C. The minimum atomic E-state index is -0.511. The zero-order valence-electron chi connectivity index (χ0n) is 16.1. The molecule has 1 N–H and O–H groups in total. The summed E-state index contributed by atoms with van der Waals surface area (Å²) in [5, 5.41) is 10.1. The second kappa shape index (κ2) is 4.59. The van der Waals surface area contributed by atoms with Crippen LogP contribution in [0.5, 0.6) is 0 Å². The Kier molecular flexibility index (Phi) is 3.03. The Hall–Kier alpha value is -0.670.